The van der Waals surface area contributed by atoms with Crippen LogP contribution in [0.2, 0.25) is 10.0 Å². The average Bonchev–Trinajstić information content (AvgIpc) is 3.24. The van der Waals surface area contributed by atoms with Crippen LogP contribution in [0.1, 0.15) is 49.1 Å². The van der Waals surface area contributed by atoms with Gasteiger partial charge in [-0.1, -0.05) is 42.3 Å². The van der Waals surface area contributed by atoms with Gasteiger partial charge in [0.05, 0.1) is 17.0 Å². The van der Waals surface area contributed by atoms with E-state index in [9.17, 15) is 0 Å². The van der Waals surface area contributed by atoms with Gasteiger partial charge in [0.1, 0.15) is 5.75 Å². The van der Waals surface area contributed by atoms with Crippen LogP contribution in [0.4, 0.5) is 5.69 Å². The number of hydrogen-bond donors (Lipinski definition) is 0. The fourth-order valence-corrected chi connectivity index (χ4v) is 4.43. The maximum atomic E-state index is 6.48. The minimum absolute atomic E-state index is 0.0366. The number of halogens is 2. The lowest BCUT2D eigenvalue weighted by atomic mass is 10.0. The van der Waals surface area contributed by atoms with Crippen LogP contribution in [0.25, 0.3) is 0 Å². The topological polar surface area (TPSA) is 50.6 Å². The lowest BCUT2D eigenvalue weighted by Gasteiger charge is -2.23. The summed E-state index contributed by atoms with van der Waals surface area (Å²) in [5.74, 6) is 1.30. The van der Waals surface area contributed by atoms with Crippen LogP contribution in [-0.2, 0) is 0 Å². The predicted octanol–water partition coefficient (Wildman–Crippen LogP) is 7.24. The van der Waals surface area contributed by atoms with Crippen LogP contribution in [0.15, 0.2) is 41.4 Å². The summed E-state index contributed by atoms with van der Waals surface area (Å²) in [6.07, 6.45) is 5.67. The van der Waals surface area contributed by atoms with Crippen molar-refractivity contribution in [3.63, 3.8) is 0 Å². The number of hydrogen-bond acceptors (Lipinski definition) is 5. The summed E-state index contributed by atoms with van der Waals surface area (Å²) in [6, 6.07) is 11.4. The number of rotatable bonds is 6. The molecule has 4 rings (SSSR count). The number of likely N-dealkylation sites (tertiary alicyclic amines) is 1. The molecule has 8 heteroatoms. The maximum Gasteiger partial charge on any atom is 0.298 e. The first-order valence-corrected chi connectivity index (χ1v) is 11.9. The molecule has 1 aliphatic rings. The van der Waals surface area contributed by atoms with Crippen molar-refractivity contribution in [2.24, 2.45) is 4.99 Å². The van der Waals surface area contributed by atoms with Crippen LogP contribution in [0.5, 0.6) is 10.9 Å². The predicted molar refractivity (Wildman–Crippen MR) is 129 cm³/mol. The van der Waals surface area contributed by atoms with Crippen molar-refractivity contribution in [1.82, 2.24) is 14.3 Å². The Morgan fingerprint density at radius 3 is 2.61 bits per heavy atom. The molecule has 0 bridgehead atoms. The van der Waals surface area contributed by atoms with Gasteiger partial charge in [0.2, 0.25) is 0 Å². The molecule has 5 nitrogen and oxygen atoms in total. The Labute approximate surface area is 196 Å². The zero-order valence-corrected chi connectivity index (χ0v) is 19.8. The minimum atomic E-state index is 0.0366. The van der Waals surface area contributed by atoms with Crippen LogP contribution >= 0.6 is 34.7 Å². The van der Waals surface area contributed by atoms with Crippen molar-refractivity contribution in [2.75, 3.05) is 13.1 Å². The highest BCUT2D eigenvalue weighted by molar-refractivity contribution is 7.07. The number of aliphatic imine (C=N–C) groups is 1. The van der Waals surface area contributed by atoms with Gasteiger partial charge in [0.25, 0.3) is 5.19 Å². The van der Waals surface area contributed by atoms with Gasteiger partial charge in [0.15, 0.2) is 5.82 Å². The molecule has 2 aromatic carbocycles. The van der Waals surface area contributed by atoms with Gasteiger partial charge in [0, 0.05) is 35.6 Å². The molecule has 0 aliphatic carbocycles. The van der Waals surface area contributed by atoms with Crippen molar-refractivity contribution in [1.29, 1.82) is 0 Å². The van der Waals surface area contributed by atoms with Crippen molar-refractivity contribution in [3.8, 4) is 10.9 Å². The number of benzene rings is 2. The Morgan fingerprint density at radius 2 is 1.87 bits per heavy atom. The van der Waals surface area contributed by atoms with Crippen molar-refractivity contribution >= 4 is 46.8 Å². The average molecular weight is 475 g/mol. The highest BCUT2D eigenvalue weighted by Crippen LogP contribution is 2.36. The summed E-state index contributed by atoms with van der Waals surface area (Å²) < 4.78 is 10.4. The second-order valence-electron chi connectivity index (χ2n) is 7.70. The van der Waals surface area contributed by atoms with E-state index in [4.69, 9.17) is 27.9 Å². The number of aromatic nitrogens is 2. The Balaban J connectivity index is 1.46. The van der Waals surface area contributed by atoms with E-state index in [-0.39, 0.29) is 5.92 Å². The molecular weight excluding hydrogens is 451 g/mol. The van der Waals surface area contributed by atoms with Gasteiger partial charge in [-0.05, 0) is 61.6 Å². The Bertz CT molecular complexity index is 1060. The van der Waals surface area contributed by atoms with Gasteiger partial charge < -0.3 is 9.64 Å². The van der Waals surface area contributed by atoms with E-state index in [2.05, 4.69) is 26.2 Å². The van der Waals surface area contributed by atoms with Crippen molar-refractivity contribution in [2.45, 2.75) is 39.0 Å². The molecule has 0 spiro atoms. The highest BCUT2D eigenvalue weighted by atomic mass is 35.5. The second-order valence-corrected chi connectivity index (χ2v) is 9.26. The van der Waals surface area contributed by atoms with E-state index in [1.807, 2.05) is 49.7 Å². The largest absolute Gasteiger partial charge is 0.428 e. The summed E-state index contributed by atoms with van der Waals surface area (Å²) >= 11 is 13.7. The Hall–Kier alpha value is -2.15. The molecule has 2 heterocycles. The fourth-order valence-electron chi connectivity index (χ4n) is 3.47. The van der Waals surface area contributed by atoms with E-state index in [1.54, 1.807) is 0 Å². The van der Waals surface area contributed by atoms with Crippen LogP contribution in [-0.4, -0.2) is 33.7 Å². The molecule has 1 fully saturated rings. The van der Waals surface area contributed by atoms with Gasteiger partial charge in [-0.15, -0.1) is 0 Å². The van der Waals surface area contributed by atoms with Gasteiger partial charge >= 0.3 is 0 Å². The third-order valence-corrected chi connectivity index (χ3v) is 6.54. The van der Waals surface area contributed by atoms with E-state index in [1.165, 1.54) is 30.8 Å². The first-order chi connectivity index (χ1) is 15.0. The third kappa shape index (κ3) is 5.56. The molecule has 162 valence electrons. The molecule has 1 unspecified atom stereocenters. The van der Waals surface area contributed by atoms with E-state index in [0.717, 1.165) is 29.9 Å². The number of piperidine rings is 1. The zero-order chi connectivity index (χ0) is 21.8. The van der Waals surface area contributed by atoms with Gasteiger partial charge in [-0.3, -0.25) is 0 Å². The van der Waals surface area contributed by atoms with E-state index < -0.39 is 0 Å². The first kappa shape index (κ1) is 22.1. The molecule has 1 saturated heterocycles. The summed E-state index contributed by atoms with van der Waals surface area (Å²) in [5.41, 5.74) is 2.93. The van der Waals surface area contributed by atoms with Crippen LogP contribution < -0.4 is 4.74 Å². The fraction of sp³-hybridized carbons (Fsp3) is 0.348. The smallest absolute Gasteiger partial charge is 0.298 e. The van der Waals surface area contributed by atoms with E-state index in [0.29, 0.717) is 26.8 Å². The number of ether oxygens (including phenoxy) is 1. The zero-order valence-electron chi connectivity index (χ0n) is 17.5. The molecule has 0 N–H and O–H groups in total. The molecule has 3 aromatic rings. The van der Waals surface area contributed by atoms with Gasteiger partial charge in [-0.2, -0.15) is 9.36 Å². The molecule has 31 heavy (non-hydrogen) atoms. The normalized spacial score (nSPS) is 15.4. The highest BCUT2D eigenvalue weighted by Gasteiger charge is 2.17. The Morgan fingerprint density at radius 1 is 1.13 bits per heavy atom. The SMILES string of the molecule is Cc1cc(Oc2nc(C(C)c3ccc(Cl)cc3)ns2)c(Cl)cc1/N=C\N1CCCCC1. The monoisotopic (exact) mass is 474 g/mol. The Kier molecular flexibility index (Phi) is 7.10. The molecule has 1 aliphatic heterocycles. The first-order valence-electron chi connectivity index (χ1n) is 10.3. The second kappa shape index (κ2) is 9.98. The summed E-state index contributed by atoms with van der Waals surface area (Å²) in [4.78, 5) is 11.4. The third-order valence-electron chi connectivity index (χ3n) is 5.38. The maximum absolute atomic E-state index is 6.48. The number of aryl methyl sites for hydroxylation is 1. The van der Waals surface area contributed by atoms with Crippen molar-refractivity contribution < 1.29 is 4.74 Å². The number of nitrogens with zero attached hydrogens (tertiary/aromatic N) is 4. The standard InChI is InChI=1S/C23H24Cl2N4OS/c1-15-12-21(19(25)13-20(15)26-14-29-10-4-3-5-11-29)30-23-27-22(28-31-23)16(2)17-6-8-18(24)9-7-17/h6-9,12-14,16H,3-5,10-11H2,1-2H3/b26-14-. The summed E-state index contributed by atoms with van der Waals surface area (Å²) in [5, 5.41) is 1.67. The van der Waals surface area contributed by atoms with Crippen molar-refractivity contribution in [3.05, 3.63) is 63.4 Å². The van der Waals surface area contributed by atoms with Crippen LogP contribution in [0.3, 0.4) is 0 Å². The van der Waals surface area contributed by atoms with Gasteiger partial charge in [-0.25, -0.2) is 4.99 Å². The summed E-state index contributed by atoms with van der Waals surface area (Å²) in [6.45, 7) is 6.18. The molecule has 1 atom stereocenters. The lowest BCUT2D eigenvalue weighted by molar-refractivity contribution is 0.351. The quantitative estimate of drug-likeness (QED) is 0.279. The molecule has 0 amide bonds. The minimum Gasteiger partial charge on any atom is -0.428 e. The summed E-state index contributed by atoms with van der Waals surface area (Å²) in [7, 11) is 0. The molecular formula is C23H24Cl2N4OS. The van der Waals surface area contributed by atoms with Crippen LogP contribution in [0, 0.1) is 6.92 Å². The molecule has 1 aromatic heterocycles. The molecule has 0 radical (unpaired) electrons. The molecule has 0 saturated carbocycles. The van der Waals surface area contributed by atoms with E-state index >= 15 is 0 Å². The lowest BCUT2D eigenvalue weighted by Crippen LogP contribution is -2.28.